The van der Waals surface area contributed by atoms with E-state index in [0.29, 0.717) is 5.56 Å². The summed E-state index contributed by atoms with van der Waals surface area (Å²) in [6, 6.07) is 6.24. The molecule has 1 aromatic carbocycles. The molecule has 0 radical (unpaired) electrons. The molecule has 120 valence electrons. The van der Waals surface area contributed by atoms with Crippen molar-refractivity contribution in [1.29, 1.82) is 0 Å². The van der Waals surface area contributed by atoms with E-state index in [1.807, 2.05) is 0 Å². The average Bonchev–Trinajstić information content (AvgIpc) is 2.48. The summed E-state index contributed by atoms with van der Waals surface area (Å²) in [6.45, 7) is 0. The van der Waals surface area contributed by atoms with Crippen molar-refractivity contribution in [3.63, 3.8) is 0 Å². The van der Waals surface area contributed by atoms with Gasteiger partial charge in [-0.2, -0.15) is 0 Å². The second-order valence-corrected chi connectivity index (χ2v) is 7.01. The normalized spacial score (nSPS) is 16.9. The smallest absolute Gasteiger partial charge is 0.269 e. The van der Waals surface area contributed by atoms with Crippen molar-refractivity contribution in [2.24, 2.45) is 0 Å². The van der Waals surface area contributed by atoms with Crippen LogP contribution in [0.4, 0.5) is 5.69 Å². The largest absolute Gasteiger partial charge is 0.353 e. The van der Waals surface area contributed by atoms with Crippen molar-refractivity contribution < 1.29 is 13.9 Å². The lowest BCUT2D eigenvalue weighted by molar-refractivity contribution is -0.384. The number of nitrogens with zero attached hydrogens (tertiary/aromatic N) is 1. The predicted octanol–water partition coefficient (Wildman–Crippen LogP) is 2.29. The van der Waals surface area contributed by atoms with Crippen LogP contribution < -0.4 is 5.32 Å². The van der Waals surface area contributed by atoms with Crippen molar-refractivity contribution >= 4 is 22.4 Å². The van der Waals surface area contributed by atoms with Gasteiger partial charge in [-0.25, -0.2) is 0 Å². The van der Waals surface area contributed by atoms with Crippen molar-refractivity contribution in [3.8, 4) is 0 Å². The van der Waals surface area contributed by atoms with Crippen LogP contribution in [-0.4, -0.2) is 26.8 Å². The maximum absolute atomic E-state index is 12.0. The molecule has 1 atom stereocenters. The number of non-ortho nitro benzene ring substituents is 1. The molecule has 0 heterocycles. The number of nitrogens with one attached hydrogen (secondary N) is 1. The Labute approximate surface area is 131 Å². The van der Waals surface area contributed by atoms with Crippen molar-refractivity contribution in [3.05, 3.63) is 39.9 Å². The van der Waals surface area contributed by atoms with Crippen LogP contribution in [0, 0.1) is 10.1 Å². The fourth-order valence-corrected chi connectivity index (χ4v) is 3.69. The summed E-state index contributed by atoms with van der Waals surface area (Å²) < 4.78 is 12.0. The second kappa shape index (κ2) is 8.03. The van der Waals surface area contributed by atoms with Gasteiger partial charge in [0.15, 0.2) is 0 Å². The topological polar surface area (TPSA) is 89.3 Å². The first-order chi connectivity index (χ1) is 10.5. The Balaban J connectivity index is 1.83. The number of carbonyl (C=O) groups excluding carboxylic acids is 1. The van der Waals surface area contributed by atoms with Crippen LogP contribution >= 0.6 is 0 Å². The van der Waals surface area contributed by atoms with Crippen LogP contribution in [-0.2, 0) is 21.3 Å². The lowest BCUT2D eigenvalue weighted by atomic mass is 9.95. The first kappa shape index (κ1) is 16.6. The molecule has 1 amide bonds. The molecule has 1 unspecified atom stereocenters. The second-order valence-electron chi connectivity index (χ2n) is 5.56. The van der Waals surface area contributed by atoms with E-state index >= 15 is 0 Å². The third-order valence-corrected chi connectivity index (χ3v) is 4.95. The molecule has 0 saturated heterocycles. The zero-order valence-electron chi connectivity index (χ0n) is 12.3. The Morgan fingerprint density at radius 2 is 2.05 bits per heavy atom. The van der Waals surface area contributed by atoms with Gasteiger partial charge in [0.05, 0.1) is 4.92 Å². The Hall–Kier alpha value is -1.76. The van der Waals surface area contributed by atoms with E-state index in [9.17, 15) is 19.1 Å². The highest BCUT2D eigenvalue weighted by molar-refractivity contribution is 7.84. The van der Waals surface area contributed by atoms with Crippen molar-refractivity contribution in [1.82, 2.24) is 5.32 Å². The van der Waals surface area contributed by atoms with Gasteiger partial charge >= 0.3 is 0 Å². The molecule has 0 aromatic heterocycles. The molecule has 1 aliphatic carbocycles. The van der Waals surface area contributed by atoms with Gasteiger partial charge in [-0.05, 0) is 18.4 Å². The van der Waals surface area contributed by atoms with E-state index in [1.165, 1.54) is 18.6 Å². The van der Waals surface area contributed by atoms with Crippen LogP contribution in [0.3, 0.4) is 0 Å². The van der Waals surface area contributed by atoms with Gasteiger partial charge in [0, 0.05) is 34.7 Å². The van der Waals surface area contributed by atoms with E-state index < -0.39 is 15.7 Å². The van der Waals surface area contributed by atoms with Gasteiger partial charge in [0.25, 0.3) is 5.69 Å². The number of nitro benzene ring substituents is 1. The van der Waals surface area contributed by atoms with Crippen LogP contribution in [0.5, 0.6) is 0 Å². The lowest BCUT2D eigenvalue weighted by Gasteiger charge is -2.22. The highest BCUT2D eigenvalue weighted by atomic mass is 32.2. The molecular formula is C15H20N2O4S. The molecule has 2 rings (SSSR count). The number of benzene rings is 1. The molecule has 1 aromatic rings. The zero-order chi connectivity index (χ0) is 15.9. The Kier molecular flexibility index (Phi) is 6.06. The van der Waals surface area contributed by atoms with Crippen LogP contribution in [0.1, 0.15) is 37.7 Å². The highest BCUT2D eigenvalue weighted by Gasteiger charge is 2.17. The molecule has 1 N–H and O–H groups in total. The Morgan fingerprint density at radius 3 is 2.73 bits per heavy atom. The van der Waals surface area contributed by atoms with Crippen LogP contribution in [0.25, 0.3) is 0 Å². The maximum Gasteiger partial charge on any atom is 0.269 e. The van der Waals surface area contributed by atoms with Crippen LogP contribution in [0.2, 0.25) is 0 Å². The Bertz CT molecular complexity index is 570. The molecule has 0 aliphatic heterocycles. The zero-order valence-corrected chi connectivity index (χ0v) is 13.1. The quantitative estimate of drug-likeness (QED) is 0.642. The molecule has 1 aliphatic rings. The number of nitro groups is 1. The van der Waals surface area contributed by atoms with E-state index in [1.54, 1.807) is 12.1 Å². The molecule has 6 nitrogen and oxygen atoms in total. The molecular weight excluding hydrogens is 304 g/mol. The number of amides is 1. The van der Waals surface area contributed by atoms with Gasteiger partial charge in [0.2, 0.25) is 5.91 Å². The monoisotopic (exact) mass is 324 g/mol. The third kappa shape index (κ3) is 5.22. The van der Waals surface area contributed by atoms with Gasteiger partial charge in [-0.3, -0.25) is 19.1 Å². The lowest BCUT2D eigenvalue weighted by Crippen LogP contribution is -2.38. The standard InChI is InChI=1S/C15H20N2O4S/c18-15(16-13-6-2-1-3-7-13)11-22(21)10-12-5-4-8-14(9-12)17(19)20/h4-5,8-9,13H,1-3,6-7,10-11H2,(H,16,18). The molecule has 22 heavy (non-hydrogen) atoms. The minimum Gasteiger partial charge on any atom is -0.353 e. The SMILES string of the molecule is O=C(CS(=O)Cc1cccc([N+](=O)[O-])c1)NC1CCCCC1. The third-order valence-electron chi connectivity index (χ3n) is 3.71. The van der Waals surface area contributed by atoms with Gasteiger partial charge in [0.1, 0.15) is 5.75 Å². The molecule has 0 spiro atoms. The summed E-state index contributed by atoms with van der Waals surface area (Å²) in [7, 11) is -1.36. The predicted molar refractivity (Wildman–Crippen MR) is 84.8 cm³/mol. The number of hydrogen-bond donors (Lipinski definition) is 1. The Morgan fingerprint density at radius 1 is 1.32 bits per heavy atom. The number of carbonyl (C=O) groups is 1. The summed E-state index contributed by atoms with van der Waals surface area (Å²) in [5, 5.41) is 13.6. The molecule has 0 bridgehead atoms. The van der Waals surface area contributed by atoms with Crippen molar-refractivity contribution in [2.75, 3.05) is 5.75 Å². The van der Waals surface area contributed by atoms with Crippen LogP contribution in [0.15, 0.2) is 24.3 Å². The summed E-state index contributed by atoms with van der Waals surface area (Å²) in [5.41, 5.74) is 0.583. The minimum atomic E-state index is -1.36. The minimum absolute atomic E-state index is 0.0267. The molecule has 1 fully saturated rings. The fraction of sp³-hybridized carbons (Fsp3) is 0.533. The average molecular weight is 324 g/mol. The maximum atomic E-state index is 12.0. The first-order valence-corrected chi connectivity index (χ1v) is 8.91. The van der Waals surface area contributed by atoms with Gasteiger partial charge in [-0.1, -0.05) is 31.4 Å². The van der Waals surface area contributed by atoms with Crippen molar-refractivity contribution in [2.45, 2.75) is 43.9 Å². The highest BCUT2D eigenvalue weighted by Crippen LogP contribution is 2.17. The van der Waals surface area contributed by atoms with E-state index in [0.717, 1.165) is 25.7 Å². The first-order valence-electron chi connectivity index (χ1n) is 7.42. The summed E-state index contributed by atoms with van der Waals surface area (Å²) in [5.74, 6) is -0.102. The van der Waals surface area contributed by atoms with Gasteiger partial charge in [-0.15, -0.1) is 0 Å². The summed E-state index contributed by atoms with van der Waals surface area (Å²) in [4.78, 5) is 22.1. The number of rotatable bonds is 6. The molecule has 7 heteroatoms. The summed E-state index contributed by atoms with van der Waals surface area (Å²) in [6.07, 6.45) is 5.45. The van der Waals surface area contributed by atoms with Gasteiger partial charge < -0.3 is 5.32 Å². The van der Waals surface area contributed by atoms with E-state index in [4.69, 9.17) is 0 Å². The molecule has 1 saturated carbocycles. The van der Waals surface area contributed by atoms with E-state index in [2.05, 4.69) is 5.32 Å². The van der Waals surface area contributed by atoms with E-state index in [-0.39, 0.29) is 29.1 Å². The summed E-state index contributed by atoms with van der Waals surface area (Å²) >= 11 is 0. The number of hydrogen-bond acceptors (Lipinski definition) is 4. The fourth-order valence-electron chi connectivity index (χ4n) is 2.66.